The van der Waals surface area contributed by atoms with Crippen molar-refractivity contribution >= 4 is 28.1 Å². The molecule has 2 aromatic rings. The maximum Gasteiger partial charge on any atom is 0.318 e. The summed E-state index contributed by atoms with van der Waals surface area (Å²) in [5, 5.41) is 7.08. The average Bonchev–Trinajstić information content (AvgIpc) is 3.34. The van der Waals surface area contributed by atoms with E-state index < -0.39 is 0 Å². The molecule has 2 heterocycles. The van der Waals surface area contributed by atoms with Crippen LogP contribution in [0, 0.1) is 5.92 Å². The summed E-state index contributed by atoms with van der Waals surface area (Å²) in [6.45, 7) is 5.08. The molecule has 0 amide bonds. The highest BCUT2D eigenvalue weighted by Crippen LogP contribution is 2.25. The van der Waals surface area contributed by atoms with Crippen LogP contribution in [-0.2, 0) is 14.3 Å². The molecule has 29 heavy (non-hydrogen) atoms. The second-order valence-corrected chi connectivity index (χ2v) is 7.85. The van der Waals surface area contributed by atoms with E-state index in [2.05, 4.69) is 22.4 Å². The Morgan fingerprint density at radius 3 is 2.93 bits per heavy atom. The highest BCUT2D eigenvalue weighted by molar-refractivity contribution is 7.14. The molecule has 1 aliphatic heterocycles. The SMILES string of the molecule is CCCCCOCC1=CC(CC(C)=NNc2nc(-c3ccccc3)cs2)C(=O)O1. The number of esters is 1. The first-order valence-corrected chi connectivity index (χ1v) is 10.8. The van der Waals surface area contributed by atoms with Gasteiger partial charge in [0.1, 0.15) is 12.4 Å². The molecule has 0 saturated heterocycles. The molecule has 7 heteroatoms. The molecule has 0 fully saturated rings. The second kappa shape index (κ2) is 10.9. The van der Waals surface area contributed by atoms with E-state index in [9.17, 15) is 4.79 Å². The number of benzene rings is 1. The minimum absolute atomic E-state index is 0.243. The van der Waals surface area contributed by atoms with E-state index in [1.807, 2.05) is 48.7 Å². The summed E-state index contributed by atoms with van der Waals surface area (Å²) in [7, 11) is 0. The maximum atomic E-state index is 12.1. The van der Waals surface area contributed by atoms with Crippen LogP contribution in [0.25, 0.3) is 11.3 Å². The van der Waals surface area contributed by atoms with Crippen LogP contribution in [0.4, 0.5) is 5.13 Å². The highest BCUT2D eigenvalue weighted by atomic mass is 32.1. The number of nitrogens with zero attached hydrogens (tertiary/aromatic N) is 2. The fraction of sp³-hybridized carbons (Fsp3) is 0.409. The molecule has 0 aliphatic carbocycles. The van der Waals surface area contributed by atoms with Crippen molar-refractivity contribution in [2.24, 2.45) is 11.0 Å². The highest BCUT2D eigenvalue weighted by Gasteiger charge is 2.27. The van der Waals surface area contributed by atoms with E-state index in [1.54, 1.807) is 0 Å². The third-order valence-corrected chi connectivity index (χ3v) is 5.24. The van der Waals surface area contributed by atoms with Gasteiger partial charge >= 0.3 is 5.97 Å². The van der Waals surface area contributed by atoms with Gasteiger partial charge < -0.3 is 9.47 Å². The quantitative estimate of drug-likeness (QED) is 0.236. The number of hydrogen-bond acceptors (Lipinski definition) is 7. The number of nitrogens with one attached hydrogen (secondary N) is 1. The number of unbranched alkanes of at least 4 members (excludes halogenated alkanes) is 2. The van der Waals surface area contributed by atoms with E-state index in [0.717, 1.165) is 36.2 Å². The van der Waals surface area contributed by atoms with E-state index in [4.69, 9.17) is 9.47 Å². The Kier molecular flexibility index (Phi) is 7.95. The predicted octanol–water partition coefficient (Wildman–Crippen LogP) is 5.25. The lowest BCUT2D eigenvalue weighted by atomic mass is 10.0. The number of hydrogen-bond donors (Lipinski definition) is 1. The lowest BCUT2D eigenvalue weighted by molar-refractivity contribution is -0.140. The van der Waals surface area contributed by atoms with Crippen molar-refractivity contribution in [3.05, 3.63) is 47.5 Å². The molecule has 1 atom stereocenters. The molecule has 0 saturated carbocycles. The molecule has 0 radical (unpaired) electrons. The zero-order valence-electron chi connectivity index (χ0n) is 16.9. The summed E-state index contributed by atoms with van der Waals surface area (Å²) in [5.41, 5.74) is 5.78. The molecular weight excluding hydrogens is 386 g/mol. The number of carbonyl (C=O) groups is 1. The molecule has 1 aromatic carbocycles. The van der Waals surface area contributed by atoms with Crippen LogP contribution in [-0.4, -0.2) is 29.9 Å². The maximum absolute atomic E-state index is 12.1. The van der Waals surface area contributed by atoms with Crippen molar-refractivity contribution in [3.63, 3.8) is 0 Å². The molecule has 6 nitrogen and oxygen atoms in total. The molecule has 0 bridgehead atoms. The van der Waals surface area contributed by atoms with Gasteiger partial charge in [-0.3, -0.25) is 10.2 Å². The van der Waals surface area contributed by atoms with Crippen molar-refractivity contribution < 1.29 is 14.3 Å². The first-order chi connectivity index (χ1) is 14.2. The minimum atomic E-state index is -0.314. The lowest BCUT2D eigenvalue weighted by Crippen LogP contribution is -2.13. The number of ether oxygens (including phenoxy) is 2. The molecule has 1 unspecified atom stereocenters. The zero-order valence-corrected chi connectivity index (χ0v) is 17.7. The fourth-order valence-electron chi connectivity index (χ4n) is 2.95. The largest absolute Gasteiger partial charge is 0.428 e. The van der Waals surface area contributed by atoms with Crippen molar-refractivity contribution in [1.82, 2.24) is 4.98 Å². The Morgan fingerprint density at radius 2 is 2.14 bits per heavy atom. The van der Waals surface area contributed by atoms with Crippen LogP contribution in [0.15, 0.2) is 52.6 Å². The van der Waals surface area contributed by atoms with Gasteiger partial charge in [-0.15, -0.1) is 11.3 Å². The smallest absolute Gasteiger partial charge is 0.318 e. The van der Waals surface area contributed by atoms with E-state index >= 15 is 0 Å². The van der Waals surface area contributed by atoms with Crippen molar-refractivity contribution in [2.45, 2.75) is 39.5 Å². The lowest BCUT2D eigenvalue weighted by Gasteiger charge is -2.05. The van der Waals surface area contributed by atoms with Crippen LogP contribution in [0.2, 0.25) is 0 Å². The van der Waals surface area contributed by atoms with E-state index in [-0.39, 0.29) is 11.9 Å². The van der Waals surface area contributed by atoms with Gasteiger partial charge in [0, 0.05) is 29.7 Å². The van der Waals surface area contributed by atoms with Crippen molar-refractivity contribution in [2.75, 3.05) is 18.6 Å². The third-order valence-electron chi connectivity index (χ3n) is 4.49. The molecule has 1 aromatic heterocycles. The van der Waals surface area contributed by atoms with Gasteiger partial charge in [0.05, 0.1) is 11.6 Å². The molecule has 0 spiro atoms. The number of hydrazone groups is 1. The Bertz CT molecular complexity index is 861. The minimum Gasteiger partial charge on any atom is -0.428 e. The number of aromatic nitrogens is 1. The van der Waals surface area contributed by atoms with E-state index in [1.165, 1.54) is 11.3 Å². The zero-order chi connectivity index (χ0) is 20.5. The van der Waals surface area contributed by atoms with Crippen LogP contribution >= 0.6 is 11.3 Å². The summed E-state index contributed by atoms with van der Waals surface area (Å²) >= 11 is 1.50. The monoisotopic (exact) mass is 413 g/mol. The van der Waals surface area contributed by atoms with Gasteiger partial charge in [-0.25, -0.2) is 4.98 Å². The number of thiazole rings is 1. The molecular formula is C22H27N3O3S. The number of cyclic esters (lactones) is 1. The fourth-order valence-corrected chi connectivity index (χ4v) is 3.61. The summed E-state index contributed by atoms with van der Waals surface area (Å²) in [6, 6.07) is 10.0. The molecule has 154 valence electrons. The number of anilines is 1. The Hall–Kier alpha value is -2.51. The number of carbonyl (C=O) groups excluding carboxylic acids is 1. The van der Waals surface area contributed by atoms with Crippen molar-refractivity contribution in [3.8, 4) is 11.3 Å². The van der Waals surface area contributed by atoms with Gasteiger partial charge in [0.2, 0.25) is 5.13 Å². The van der Waals surface area contributed by atoms with E-state index in [0.29, 0.717) is 30.5 Å². The van der Waals surface area contributed by atoms with Crippen molar-refractivity contribution in [1.29, 1.82) is 0 Å². The van der Waals surface area contributed by atoms with Gasteiger partial charge in [-0.05, 0) is 19.4 Å². The first-order valence-electron chi connectivity index (χ1n) is 9.96. The predicted molar refractivity (Wildman–Crippen MR) is 117 cm³/mol. The van der Waals surface area contributed by atoms with Gasteiger partial charge in [-0.1, -0.05) is 50.1 Å². The Labute approximate surface area is 175 Å². The average molecular weight is 414 g/mol. The normalized spacial score (nSPS) is 16.6. The van der Waals surface area contributed by atoms with Crippen LogP contribution in [0.3, 0.4) is 0 Å². The Morgan fingerprint density at radius 1 is 1.31 bits per heavy atom. The summed E-state index contributed by atoms with van der Waals surface area (Å²) in [6.07, 6.45) is 5.68. The molecule has 1 aliphatic rings. The van der Waals surface area contributed by atoms with Crippen LogP contribution in [0.1, 0.15) is 39.5 Å². The number of rotatable bonds is 11. The van der Waals surface area contributed by atoms with Crippen LogP contribution < -0.4 is 5.43 Å². The van der Waals surface area contributed by atoms with Gasteiger partial charge in [0.15, 0.2) is 0 Å². The summed E-state index contributed by atoms with van der Waals surface area (Å²) in [4.78, 5) is 16.6. The molecule has 1 N–H and O–H groups in total. The standard InChI is InChI=1S/C22H27N3O3S/c1-3-4-8-11-27-14-19-13-18(21(26)28-19)12-16(2)24-25-22-23-20(15-29-22)17-9-6-5-7-10-17/h5-7,9-10,13,15,18H,3-4,8,11-12,14H2,1-2H3,(H,23,25). The summed E-state index contributed by atoms with van der Waals surface area (Å²) in [5.74, 6) is 0.0444. The second-order valence-electron chi connectivity index (χ2n) is 6.99. The Balaban J connectivity index is 1.48. The van der Waals surface area contributed by atoms with Gasteiger partial charge in [-0.2, -0.15) is 5.10 Å². The topological polar surface area (TPSA) is 72.8 Å². The first kappa shape index (κ1) is 21.2. The molecule has 3 rings (SSSR count). The third kappa shape index (κ3) is 6.51. The van der Waals surface area contributed by atoms with Crippen LogP contribution in [0.5, 0.6) is 0 Å². The summed E-state index contributed by atoms with van der Waals surface area (Å²) < 4.78 is 10.9. The van der Waals surface area contributed by atoms with Gasteiger partial charge in [0.25, 0.3) is 0 Å².